The van der Waals surface area contributed by atoms with Crippen LogP contribution < -0.4 is 5.32 Å². The van der Waals surface area contributed by atoms with E-state index in [2.05, 4.69) is 42.3 Å². The summed E-state index contributed by atoms with van der Waals surface area (Å²) in [6, 6.07) is 6.42. The monoisotopic (exact) mass is 266 g/mol. The van der Waals surface area contributed by atoms with Gasteiger partial charge in [0.15, 0.2) is 0 Å². The van der Waals surface area contributed by atoms with E-state index in [0.717, 1.165) is 17.1 Å². The van der Waals surface area contributed by atoms with E-state index in [-0.39, 0.29) is 0 Å². The molecule has 0 saturated carbocycles. The van der Waals surface area contributed by atoms with Gasteiger partial charge in [0.1, 0.15) is 0 Å². The molecule has 2 rings (SSSR count). The largest absolute Gasteiger partial charge is 0.385 e. The van der Waals surface area contributed by atoms with Crippen molar-refractivity contribution in [2.45, 2.75) is 20.3 Å². The number of benzene rings is 1. The van der Waals surface area contributed by atoms with Crippen LogP contribution >= 0.6 is 23.1 Å². The van der Waals surface area contributed by atoms with Gasteiger partial charge in [0.25, 0.3) is 0 Å². The maximum absolute atomic E-state index is 4.46. The van der Waals surface area contributed by atoms with Gasteiger partial charge in [0.05, 0.1) is 15.2 Å². The number of aryl methyl sites for hydroxylation is 1. The minimum atomic E-state index is 1.05. The number of rotatable bonds is 6. The molecular weight excluding hydrogens is 248 g/mol. The number of thiazole rings is 1. The predicted octanol–water partition coefficient (Wildman–Crippen LogP) is 4.16. The fraction of sp³-hybridized carbons (Fsp3) is 0.462. The fourth-order valence-corrected chi connectivity index (χ4v) is 3.20. The van der Waals surface area contributed by atoms with E-state index in [0.29, 0.717) is 0 Å². The Balaban J connectivity index is 1.90. The Morgan fingerprint density at radius 1 is 1.41 bits per heavy atom. The lowest BCUT2D eigenvalue weighted by Crippen LogP contribution is -2.02. The van der Waals surface area contributed by atoms with Crippen LogP contribution in [0.5, 0.6) is 0 Å². The van der Waals surface area contributed by atoms with Gasteiger partial charge in [0.2, 0.25) is 0 Å². The third kappa shape index (κ3) is 3.61. The number of nitrogens with one attached hydrogen (secondary N) is 1. The minimum absolute atomic E-state index is 1.05. The Labute approximate surface area is 111 Å². The molecule has 0 spiro atoms. The van der Waals surface area contributed by atoms with Gasteiger partial charge < -0.3 is 5.32 Å². The quantitative estimate of drug-likeness (QED) is 0.795. The van der Waals surface area contributed by atoms with Crippen LogP contribution in [0.1, 0.15) is 18.4 Å². The van der Waals surface area contributed by atoms with Crippen molar-refractivity contribution in [3.8, 4) is 0 Å². The molecule has 1 N–H and O–H groups in total. The normalized spacial score (nSPS) is 10.9. The van der Waals surface area contributed by atoms with Crippen molar-refractivity contribution in [1.82, 2.24) is 4.98 Å². The summed E-state index contributed by atoms with van der Waals surface area (Å²) >= 11 is 3.76. The van der Waals surface area contributed by atoms with E-state index in [1.165, 1.54) is 28.3 Å². The van der Waals surface area contributed by atoms with E-state index in [9.17, 15) is 0 Å². The van der Waals surface area contributed by atoms with Gasteiger partial charge in [-0.1, -0.05) is 6.92 Å². The van der Waals surface area contributed by atoms with Crippen molar-refractivity contribution in [1.29, 1.82) is 0 Å². The van der Waals surface area contributed by atoms with Crippen LogP contribution in [0, 0.1) is 6.92 Å². The first kappa shape index (κ1) is 12.7. The van der Waals surface area contributed by atoms with Crippen LogP contribution in [0.25, 0.3) is 10.2 Å². The van der Waals surface area contributed by atoms with Gasteiger partial charge in [-0.3, -0.25) is 0 Å². The number of thioether (sulfide) groups is 1. The number of anilines is 1. The summed E-state index contributed by atoms with van der Waals surface area (Å²) in [5, 5.41) is 4.61. The molecule has 1 aromatic carbocycles. The summed E-state index contributed by atoms with van der Waals surface area (Å²) in [4.78, 5) is 4.46. The molecule has 0 bridgehead atoms. The average Bonchev–Trinajstić information content (AvgIpc) is 2.68. The molecule has 92 valence electrons. The molecule has 0 unspecified atom stereocenters. The van der Waals surface area contributed by atoms with E-state index in [1.807, 2.05) is 11.8 Å². The summed E-state index contributed by atoms with van der Waals surface area (Å²) < 4.78 is 1.27. The second kappa shape index (κ2) is 6.26. The van der Waals surface area contributed by atoms with Crippen molar-refractivity contribution in [2.24, 2.45) is 0 Å². The lowest BCUT2D eigenvalue weighted by molar-refractivity contribution is 0.992. The standard InChI is InChI=1S/C13H18N2S2/c1-3-16-8-4-7-14-11-5-6-12-13(9-11)17-10(2)15-12/h5-6,9,14H,3-4,7-8H2,1-2H3. The Kier molecular flexibility index (Phi) is 4.68. The second-order valence-corrected chi connectivity index (χ2v) is 6.52. The lowest BCUT2D eigenvalue weighted by Gasteiger charge is -2.05. The molecule has 0 amide bonds. The first-order valence-electron chi connectivity index (χ1n) is 5.98. The van der Waals surface area contributed by atoms with Crippen LogP contribution in [0.3, 0.4) is 0 Å². The highest BCUT2D eigenvalue weighted by atomic mass is 32.2. The highest BCUT2D eigenvalue weighted by Gasteiger charge is 2.01. The lowest BCUT2D eigenvalue weighted by atomic mass is 10.3. The van der Waals surface area contributed by atoms with Gasteiger partial charge in [-0.15, -0.1) is 11.3 Å². The molecule has 0 atom stereocenters. The number of hydrogen-bond acceptors (Lipinski definition) is 4. The van der Waals surface area contributed by atoms with Gasteiger partial charge in [-0.05, 0) is 43.0 Å². The van der Waals surface area contributed by atoms with Gasteiger partial charge >= 0.3 is 0 Å². The highest BCUT2D eigenvalue weighted by molar-refractivity contribution is 7.99. The Hall–Kier alpha value is -0.740. The van der Waals surface area contributed by atoms with Crippen molar-refractivity contribution in [3.05, 3.63) is 23.2 Å². The third-order valence-corrected chi connectivity index (χ3v) is 4.41. The summed E-state index contributed by atoms with van der Waals surface area (Å²) in [7, 11) is 0. The maximum Gasteiger partial charge on any atom is 0.0907 e. The molecule has 1 heterocycles. The molecule has 2 nitrogen and oxygen atoms in total. The molecule has 4 heteroatoms. The molecule has 17 heavy (non-hydrogen) atoms. The molecule has 0 aliphatic heterocycles. The summed E-state index contributed by atoms with van der Waals surface area (Å²) in [5.41, 5.74) is 2.32. The van der Waals surface area contributed by atoms with E-state index < -0.39 is 0 Å². The number of hydrogen-bond donors (Lipinski definition) is 1. The third-order valence-electron chi connectivity index (χ3n) is 2.49. The highest BCUT2D eigenvalue weighted by Crippen LogP contribution is 2.24. The zero-order chi connectivity index (χ0) is 12.1. The summed E-state index contributed by atoms with van der Waals surface area (Å²) in [5.74, 6) is 2.46. The molecule has 0 fully saturated rings. The van der Waals surface area contributed by atoms with Crippen molar-refractivity contribution < 1.29 is 0 Å². The molecule has 1 aromatic heterocycles. The maximum atomic E-state index is 4.46. The van der Waals surface area contributed by atoms with Crippen molar-refractivity contribution in [3.63, 3.8) is 0 Å². The van der Waals surface area contributed by atoms with Crippen LogP contribution in [-0.2, 0) is 0 Å². The van der Waals surface area contributed by atoms with Crippen LogP contribution in [0.2, 0.25) is 0 Å². The molecule has 0 aliphatic carbocycles. The molecule has 0 aliphatic rings. The average molecular weight is 266 g/mol. The van der Waals surface area contributed by atoms with Crippen molar-refractivity contribution in [2.75, 3.05) is 23.4 Å². The Morgan fingerprint density at radius 2 is 2.29 bits per heavy atom. The first-order valence-corrected chi connectivity index (χ1v) is 7.95. The predicted molar refractivity (Wildman–Crippen MR) is 80.5 cm³/mol. The molecular formula is C13H18N2S2. The topological polar surface area (TPSA) is 24.9 Å². The minimum Gasteiger partial charge on any atom is -0.385 e. The Bertz CT molecular complexity index is 479. The summed E-state index contributed by atoms with van der Waals surface area (Å²) in [6.07, 6.45) is 1.22. The molecule has 0 saturated heterocycles. The summed E-state index contributed by atoms with van der Waals surface area (Å²) in [6.45, 7) is 5.31. The molecule has 2 aromatic rings. The van der Waals surface area contributed by atoms with E-state index >= 15 is 0 Å². The van der Waals surface area contributed by atoms with Crippen LogP contribution in [-0.4, -0.2) is 23.0 Å². The molecule has 0 radical (unpaired) electrons. The zero-order valence-corrected chi connectivity index (χ0v) is 12.0. The SMILES string of the molecule is CCSCCCNc1ccc2nc(C)sc2c1. The van der Waals surface area contributed by atoms with E-state index in [4.69, 9.17) is 0 Å². The second-order valence-electron chi connectivity index (χ2n) is 3.89. The van der Waals surface area contributed by atoms with Crippen molar-refractivity contribution >= 4 is 39.0 Å². The van der Waals surface area contributed by atoms with Gasteiger partial charge in [0, 0.05) is 12.2 Å². The smallest absolute Gasteiger partial charge is 0.0907 e. The van der Waals surface area contributed by atoms with Gasteiger partial charge in [-0.25, -0.2) is 4.98 Å². The first-order chi connectivity index (χ1) is 8.29. The van der Waals surface area contributed by atoms with Crippen LogP contribution in [0.15, 0.2) is 18.2 Å². The number of nitrogens with zero attached hydrogens (tertiary/aromatic N) is 1. The fourth-order valence-electron chi connectivity index (χ4n) is 1.70. The van der Waals surface area contributed by atoms with Crippen LogP contribution in [0.4, 0.5) is 5.69 Å². The number of aromatic nitrogens is 1. The van der Waals surface area contributed by atoms with Gasteiger partial charge in [-0.2, -0.15) is 11.8 Å². The number of fused-ring (bicyclic) bond motifs is 1. The van der Waals surface area contributed by atoms with E-state index in [1.54, 1.807) is 11.3 Å². The zero-order valence-electron chi connectivity index (χ0n) is 10.3. The Morgan fingerprint density at radius 3 is 3.12 bits per heavy atom.